The highest BCUT2D eigenvalue weighted by Gasteiger charge is 2.18. The summed E-state index contributed by atoms with van der Waals surface area (Å²) < 4.78 is 1.44. The van der Waals surface area contributed by atoms with Gasteiger partial charge in [-0.15, -0.1) is 0 Å². The zero-order valence-electron chi connectivity index (χ0n) is 9.83. The van der Waals surface area contributed by atoms with Crippen molar-refractivity contribution in [2.24, 2.45) is 0 Å². The van der Waals surface area contributed by atoms with Gasteiger partial charge in [0, 0.05) is 31.5 Å². The van der Waals surface area contributed by atoms with Gasteiger partial charge in [0.1, 0.15) is 12.1 Å². The predicted molar refractivity (Wildman–Crippen MR) is 63.5 cm³/mol. The van der Waals surface area contributed by atoms with Crippen molar-refractivity contribution in [2.45, 2.75) is 19.4 Å². The fraction of sp³-hybridized carbons (Fsp3) is 0.417. The van der Waals surface area contributed by atoms with Crippen LogP contribution in [0.25, 0.3) is 0 Å². The first-order valence-electron chi connectivity index (χ1n) is 5.79. The van der Waals surface area contributed by atoms with Gasteiger partial charge in [-0.05, 0) is 12.8 Å². The van der Waals surface area contributed by atoms with Gasteiger partial charge in [0.25, 0.3) is 0 Å². The second kappa shape index (κ2) is 5.03. The summed E-state index contributed by atoms with van der Waals surface area (Å²) in [7, 11) is 0. The maximum absolute atomic E-state index is 11.9. The molecular weight excluding hydrogens is 236 g/mol. The van der Waals surface area contributed by atoms with Crippen molar-refractivity contribution in [2.75, 3.05) is 13.1 Å². The highest BCUT2D eigenvalue weighted by molar-refractivity contribution is 5.87. The molecule has 0 radical (unpaired) electrons. The van der Waals surface area contributed by atoms with Gasteiger partial charge in [-0.1, -0.05) is 0 Å². The smallest absolute Gasteiger partial charge is 0.341 e. The molecule has 1 N–H and O–H groups in total. The van der Waals surface area contributed by atoms with Crippen LogP contribution in [0.2, 0.25) is 0 Å². The molecule has 1 aliphatic rings. The van der Waals surface area contributed by atoms with Gasteiger partial charge in [-0.3, -0.25) is 9.59 Å². The number of aromatic nitrogens is 1. The number of amides is 1. The molecule has 0 atom stereocenters. The molecule has 6 nitrogen and oxygen atoms in total. The monoisotopic (exact) mass is 250 g/mol. The number of carboxylic acid groups (broad SMARTS) is 1. The van der Waals surface area contributed by atoms with Crippen LogP contribution in [-0.2, 0) is 11.3 Å². The highest BCUT2D eigenvalue weighted by atomic mass is 16.4. The molecule has 2 rings (SSSR count). The Morgan fingerprint density at radius 3 is 2.56 bits per heavy atom. The number of carbonyl (C=O) groups is 2. The lowest BCUT2D eigenvalue weighted by molar-refractivity contribution is -0.130. The molecule has 1 aromatic heterocycles. The van der Waals surface area contributed by atoms with E-state index in [1.807, 2.05) is 0 Å². The lowest BCUT2D eigenvalue weighted by atomic mass is 10.3. The summed E-state index contributed by atoms with van der Waals surface area (Å²) in [6.07, 6.45) is 4.66. The minimum absolute atomic E-state index is 0.0486. The summed E-state index contributed by atoms with van der Waals surface area (Å²) in [6, 6.07) is 1.17. The van der Waals surface area contributed by atoms with Crippen LogP contribution >= 0.6 is 0 Å². The Balaban J connectivity index is 2.14. The first-order valence-corrected chi connectivity index (χ1v) is 5.79. The number of nitrogens with zero attached hydrogens (tertiary/aromatic N) is 2. The summed E-state index contributed by atoms with van der Waals surface area (Å²) >= 11 is 0. The first kappa shape index (κ1) is 12.3. The second-order valence-electron chi connectivity index (χ2n) is 4.29. The number of rotatable bonds is 3. The minimum atomic E-state index is -1.28. The van der Waals surface area contributed by atoms with Gasteiger partial charge in [-0.2, -0.15) is 0 Å². The molecule has 6 heteroatoms. The third kappa shape index (κ3) is 2.58. The number of likely N-dealkylation sites (tertiary alicyclic amines) is 1. The third-order valence-corrected chi connectivity index (χ3v) is 2.98. The van der Waals surface area contributed by atoms with Gasteiger partial charge in [-0.25, -0.2) is 4.79 Å². The minimum Gasteiger partial charge on any atom is -0.477 e. The number of hydrogen-bond donors (Lipinski definition) is 1. The van der Waals surface area contributed by atoms with Gasteiger partial charge in [0.15, 0.2) is 5.43 Å². The van der Waals surface area contributed by atoms with Crippen LogP contribution in [0.3, 0.4) is 0 Å². The van der Waals surface area contributed by atoms with E-state index in [1.54, 1.807) is 4.90 Å². The molecule has 0 saturated carbocycles. The SMILES string of the molecule is O=C(O)c1cn(CC(=O)N2CCCC2)ccc1=O. The van der Waals surface area contributed by atoms with Crippen LogP contribution in [0.5, 0.6) is 0 Å². The summed E-state index contributed by atoms with van der Waals surface area (Å²) in [6.45, 7) is 1.58. The molecule has 0 spiro atoms. The Labute approximate surface area is 103 Å². The lowest BCUT2D eigenvalue weighted by Crippen LogP contribution is -2.31. The standard InChI is InChI=1S/C12H14N2O4/c15-10-3-6-13(7-9(10)12(17)18)8-11(16)14-4-1-2-5-14/h3,6-7H,1-2,4-5,8H2,(H,17,18). The number of carboxylic acids is 1. The van der Waals surface area contributed by atoms with E-state index >= 15 is 0 Å². The maximum Gasteiger partial charge on any atom is 0.341 e. The number of pyridine rings is 1. The van der Waals surface area contributed by atoms with E-state index in [9.17, 15) is 14.4 Å². The van der Waals surface area contributed by atoms with Crippen molar-refractivity contribution in [3.63, 3.8) is 0 Å². The summed E-state index contributed by atoms with van der Waals surface area (Å²) in [5.41, 5.74) is -0.862. The van der Waals surface area contributed by atoms with E-state index < -0.39 is 11.4 Å². The molecule has 18 heavy (non-hydrogen) atoms. The molecule has 0 aromatic carbocycles. The first-order chi connectivity index (χ1) is 8.58. The molecule has 0 unspecified atom stereocenters. The van der Waals surface area contributed by atoms with E-state index in [4.69, 9.17) is 5.11 Å². The predicted octanol–water partition coefficient (Wildman–Crippen LogP) is 0.169. The second-order valence-corrected chi connectivity index (χ2v) is 4.29. The van der Waals surface area contributed by atoms with E-state index in [0.717, 1.165) is 25.9 Å². The molecular formula is C12H14N2O4. The Kier molecular flexibility index (Phi) is 3.45. The average molecular weight is 250 g/mol. The van der Waals surface area contributed by atoms with Crippen LogP contribution in [0.4, 0.5) is 0 Å². The Morgan fingerprint density at radius 2 is 1.94 bits per heavy atom. The van der Waals surface area contributed by atoms with E-state index in [-0.39, 0.29) is 18.0 Å². The molecule has 2 heterocycles. The summed E-state index contributed by atoms with van der Waals surface area (Å²) in [5, 5.41) is 8.83. The van der Waals surface area contributed by atoms with Gasteiger partial charge < -0.3 is 14.6 Å². The van der Waals surface area contributed by atoms with Crippen LogP contribution in [0, 0.1) is 0 Å². The highest BCUT2D eigenvalue weighted by Crippen LogP contribution is 2.08. The average Bonchev–Trinajstić information content (AvgIpc) is 2.85. The zero-order chi connectivity index (χ0) is 13.1. The van der Waals surface area contributed by atoms with Crippen LogP contribution in [0.1, 0.15) is 23.2 Å². The Hall–Kier alpha value is -2.11. The van der Waals surface area contributed by atoms with E-state index in [1.165, 1.54) is 23.0 Å². The van der Waals surface area contributed by atoms with Crippen LogP contribution < -0.4 is 5.43 Å². The number of carbonyl (C=O) groups excluding carboxylic acids is 1. The van der Waals surface area contributed by atoms with Crippen molar-refractivity contribution < 1.29 is 14.7 Å². The van der Waals surface area contributed by atoms with Crippen molar-refractivity contribution >= 4 is 11.9 Å². The van der Waals surface area contributed by atoms with Crippen molar-refractivity contribution in [1.82, 2.24) is 9.47 Å². The molecule has 1 amide bonds. The van der Waals surface area contributed by atoms with E-state index in [2.05, 4.69) is 0 Å². The Morgan fingerprint density at radius 1 is 1.28 bits per heavy atom. The van der Waals surface area contributed by atoms with Crippen molar-refractivity contribution in [1.29, 1.82) is 0 Å². The zero-order valence-corrected chi connectivity index (χ0v) is 9.83. The lowest BCUT2D eigenvalue weighted by Gasteiger charge is -2.16. The van der Waals surface area contributed by atoms with Gasteiger partial charge in [0.2, 0.25) is 5.91 Å². The van der Waals surface area contributed by atoms with Crippen LogP contribution in [0.15, 0.2) is 23.3 Å². The summed E-state index contributed by atoms with van der Waals surface area (Å²) in [5.74, 6) is -1.32. The van der Waals surface area contributed by atoms with E-state index in [0.29, 0.717) is 0 Å². The largest absolute Gasteiger partial charge is 0.477 e. The van der Waals surface area contributed by atoms with Crippen molar-refractivity contribution in [3.8, 4) is 0 Å². The third-order valence-electron chi connectivity index (χ3n) is 2.98. The maximum atomic E-state index is 11.9. The molecule has 1 fully saturated rings. The van der Waals surface area contributed by atoms with Crippen LogP contribution in [-0.4, -0.2) is 39.5 Å². The molecule has 0 bridgehead atoms. The number of aromatic carboxylic acids is 1. The quantitative estimate of drug-likeness (QED) is 0.829. The fourth-order valence-corrected chi connectivity index (χ4v) is 2.01. The number of hydrogen-bond acceptors (Lipinski definition) is 3. The molecule has 0 aliphatic carbocycles. The Bertz CT molecular complexity index is 529. The molecule has 1 aliphatic heterocycles. The fourth-order valence-electron chi connectivity index (χ4n) is 2.01. The molecule has 96 valence electrons. The summed E-state index contributed by atoms with van der Waals surface area (Å²) in [4.78, 5) is 35.7. The molecule has 1 aromatic rings. The van der Waals surface area contributed by atoms with Gasteiger partial charge >= 0.3 is 5.97 Å². The normalized spacial score (nSPS) is 14.8. The van der Waals surface area contributed by atoms with Crippen molar-refractivity contribution in [3.05, 3.63) is 34.2 Å². The van der Waals surface area contributed by atoms with Gasteiger partial charge in [0.05, 0.1) is 0 Å². The topological polar surface area (TPSA) is 79.6 Å². The molecule has 1 saturated heterocycles.